The van der Waals surface area contributed by atoms with Gasteiger partial charge < -0.3 is 9.47 Å². The molecule has 4 atom stereocenters. The van der Waals surface area contributed by atoms with Gasteiger partial charge in [0.25, 0.3) is 0 Å². The highest BCUT2D eigenvalue weighted by Crippen LogP contribution is 2.63. The first-order valence-electron chi connectivity index (χ1n) is 10.9. The lowest BCUT2D eigenvalue weighted by Crippen LogP contribution is -2.58. The zero-order chi connectivity index (χ0) is 21.2. The van der Waals surface area contributed by atoms with Gasteiger partial charge in [-0.15, -0.1) is 0 Å². The molecule has 0 aromatic carbocycles. The molecular formula is C24H40O4. The molecule has 4 heteroatoms. The van der Waals surface area contributed by atoms with Crippen LogP contribution >= 0.6 is 0 Å². The molecule has 0 bridgehead atoms. The van der Waals surface area contributed by atoms with Crippen molar-refractivity contribution < 1.29 is 19.1 Å². The van der Waals surface area contributed by atoms with Crippen LogP contribution in [0.3, 0.4) is 0 Å². The van der Waals surface area contributed by atoms with Crippen LogP contribution in [0, 0.1) is 22.7 Å². The summed E-state index contributed by atoms with van der Waals surface area (Å²) >= 11 is 0. The second kappa shape index (κ2) is 8.59. The molecule has 0 saturated heterocycles. The maximum atomic E-state index is 11.9. The number of hydrogen-bond acceptors (Lipinski definition) is 4. The largest absolute Gasteiger partial charge is 0.462 e. The van der Waals surface area contributed by atoms with Gasteiger partial charge in [0.1, 0.15) is 12.2 Å². The Bertz CT molecular complexity index is 620. The van der Waals surface area contributed by atoms with Crippen molar-refractivity contribution in [1.82, 2.24) is 0 Å². The number of carbonyl (C=O) groups excluding carboxylic acids is 2. The minimum Gasteiger partial charge on any atom is -0.462 e. The third kappa shape index (κ3) is 4.99. The molecule has 0 radical (unpaired) electrons. The molecule has 0 heterocycles. The van der Waals surface area contributed by atoms with Crippen LogP contribution in [-0.4, -0.2) is 24.1 Å². The van der Waals surface area contributed by atoms with Crippen molar-refractivity contribution >= 4 is 11.9 Å². The van der Waals surface area contributed by atoms with E-state index in [2.05, 4.69) is 34.6 Å². The summed E-state index contributed by atoms with van der Waals surface area (Å²) < 4.78 is 11.0. The predicted octanol–water partition coefficient (Wildman–Crippen LogP) is 5.84. The Hall–Kier alpha value is -1.32. The molecule has 2 unspecified atom stereocenters. The van der Waals surface area contributed by atoms with Crippen LogP contribution in [0.5, 0.6) is 0 Å². The number of carbonyl (C=O) groups is 2. The highest BCUT2D eigenvalue weighted by atomic mass is 16.6. The fourth-order valence-electron chi connectivity index (χ4n) is 6.47. The molecule has 0 aliphatic heterocycles. The minimum absolute atomic E-state index is 0.174. The molecule has 160 valence electrons. The van der Waals surface area contributed by atoms with Crippen molar-refractivity contribution in [2.24, 2.45) is 22.7 Å². The monoisotopic (exact) mass is 392 g/mol. The molecule has 2 aliphatic rings. The van der Waals surface area contributed by atoms with E-state index in [1.54, 1.807) is 0 Å². The van der Waals surface area contributed by atoms with Gasteiger partial charge in [0.15, 0.2) is 0 Å². The van der Waals surface area contributed by atoms with Crippen LogP contribution in [0.1, 0.15) is 93.4 Å². The molecule has 28 heavy (non-hydrogen) atoms. The van der Waals surface area contributed by atoms with Crippen molar-refractivity contribution in [2.45, 2.75) is 99.0 Å². The van der Waals surface area contributed by atoms with E-state index in [0.717, 1.165) is 25.7 Å². The smallest absolute Gasteiger partial charge is 0.303 e. The van der Waals surface area contributed by atoms with Gasteiger partial charge in [-0.25, -0.2) is 0 Å². The first kappa shape index (κ1) is 23.0. The van der Waals surface area contributed by atoms with Crippen molar-refractivity contribution in [2.75, 3.05) is 6.61 Å². The predicted molar refractivity (Wildman–Crippen MR) is 112 cm³/mol. The number of esters is 2. The van der Waals surface area contributed by atoms with Gasteiger partial charge >= 0.3 is 11.9 Å². The Labute approximate surface area is 171 Å². The van der Waals surface area contributed by atoms with E-state index in [0.29, 0.717) is 23.9 Å². The van der Waals surface area contributed by atoms with Gasteiger partial charge in [0, 0.05) is 19.8 Å². The van der Waals surface area contributed by atoms with Crippen LogP contribution in [0.4, 0.5) is 0 Å². The Morgan fingerprint density at radius 2 is 1.68 bits per heavy atom. The summed E-state index contributed by atoms with van der Waals surface area (Å²) in [5, 5.41) is 0. The standard InChI is InChI=1S/C24H40O4/c1-17(12-16-27-18(2)25)9-10-21-23(6)14-8-13-22(4,5)20(23)11-15-24(21,7)28-19(3)26/h12,20-21H,8-11,13-16H2,1-7H3/b17-12+/t20?,21?,23-,24+/m0/s1. The minimum atomic E-state index is -0.402. The first-order valence-corrected chi connectivity index (χ1v) is 10.9. The average Bonchev–Trinajstić information content (AvgIpc) is 2.51. The van der Waals surface area contributed by atoms with Gasteiger partial charge in [-0.05, 0) is 75.2 Å². The topological polar surface area (TPSA) is 52.6 Å². The quantitative estimate of drug-likeness (QED) is 0.421. The zero-order valence-corrected chi connectivity index (χ0v) is 19.0. The van der Waals surface area contributed by atoms with Crippen LogP contribution in [0.25, 0.3) is 0 Å². The Morgan fingerprint density at radius 1 is 1.00 bits per heavy atom. The Morgan fingerprint density at radius 3 is 2.29 bits per heavy atom. The maximum Gasteiger partial charge on any atom is 0.303 e. The molecule has 2 aliphatic carbocycles. The fourth-order valence-corrected chi connectivity index (χ4v) is 6.47. The van der Waals surface area contributed by atoms with Crippen LogP contribution in [-0.2, 0) is 19.1 Å². The SMILES string of the molecule is CC(=O)OC/C=C(\C)CCC1[C@@]2(C)CCCC(C)(C)C2CC[C@@]1(C)OC(C)=O. The summed E-state index contributed by atoms with van der Waals surface area (Å²) in [6.45, 7) is 14.8. The van der Waals surface area contributed by atoms with Gasteiger partial charge in [0.2, 0.25) is 0 Å². The van der Waals surface area contributed by atoms with Crippen molar-refractivity contribution in [1.29, 1.82) is 0 Å². The number of fused-ring (bicyclic) bond motifs is 1. The number of ether oxygens (including phenoxy) is 2. The van der Waals surface area contributed by atoms with Crippen LogP contribution < -0.4 is 0 Å². The van der Waals surface area contributed by atoms with Crippen LogP contribution in [0.15, 0.2) is 11.6 Å². The number of rotatable bonds is 6. The van der Waals surface area contributed by atoms with Crippen molar-refractivity contribution in [3.05, 3.63) is 11.6 Å². The van der Waals surface area contributed by atoms with E-state index in [9.17, 15) is 9.59 Å². The van der Waals surface area contributed by atoms with Gasteiger partial charge in [-0.3, -0.25) is 9.59 Å². The lowest BCUT2D eigenvalue weighted by molar-refractivity contribution is -0.199. The molecule has 0 spiro atoms. The molecule has 0 aromatic rings. The molecule has 0 aromatic heterocycles. The summed E-state index contributed by atoms with van der Waals surface area (Å²) in [7, 11) is 0. The molecule has 2 saturated carbocycles. The second-order valence-corrected chi connectivity index (χ2v) is 10.3. The fraction of sp³-hybridized carbons (Fsp3) is 0.833. The van der Waals surface area contributed by atoms with E-state index >= 15 is 0 Å². The number of hydrogen-bond donors (Lipinski definition) is 0. The average molecular weight is 393 g/mol. The van der Waals surface area contributed by atoms with Gasteiger partial charge in [0.05, 0.1) is 0 Å². The van der Waals surface area contributed by atoms with E-state index in [4.69, 9.17) is 9.47 Å². The van der Waals surface area contributed by atoms with Crippen molar-refractivity contribution in [3.8, 4) is 0 Å². The molecule has 0 amide bonds. The third-order valence-corrected chi connectivity index (χ3v) is 7.66. The molecule has 2 rings (SSSR count). The molecular weight excluding hydrogens is 352 g/mol. The summed E-state index contributed by atoms with van der Waals surface area (Å²) in [5.41, 5.74) is 1.34. The first-order chi connectivity index (χ1) is 12.9. The highest BCUT2D eigenvalue weighted by molar-refractivity contribution is 5.66. The second-order valence-electron chi connectivity index (χ2n) is 10.3. The highest BCUT2D eigenvalue weighted by Gasteiger charge is 2.59. The third-order valence-electron chi connectivity index (χ3n) is 7.66. The van der Waals surface area contributed by atoms with Crippen LogP contribution in [0.2, 0.25) is 0 Å². The Balaban J connectivity index is 2.24. The maximum absolute atomic E-state index is 11.9. The van der Waals surface area contributed by atoms with E-state index < -0.39 is 5.60 Å². The number of allylic oxidation sites excluding steroid dienone is 1. The lowest BCUT2D eigenvalue weighted by Gasteiger charge is -2.62. The van der Waals surface area contributed by atoms with E-state index in [1.807, 2.05) is 6.08 Å². The molecule has 0 N–H and O–H groups in total. The molecule has 4 nitrogen and oxygen atoms in total. The summed E-state index contributed by atoms with van der Waals surface area (Å²) in [5.74, 6) is 0.567. The normalized spacial score (nSPS) is 35.0. The van der Waals surface area contributed by atoms with Gasteiger partial charge in [-0.2, -0.15) is 0 Å². The summed E-state index contributed by atoms with van der Waals surface area (Å²) in [4.78, 5) is 22.9. The summed E-state index contributed by atoms with van der Waals surface area (Å²) in [6.07, 6.45) is 9.74. The molecule has 2 fully saturated rings. The van der Waals surface area contributed by atoms with Gasteiger partial charge in [-0.1, -0.05) is 32.8 Å². The van der Waals surface area contributed by atoms with E-state index in [-0.39, 0.29) is 17.4 Å². The summed E-state index contributed by atoms with van der Waals surface area (Å²) in [6, 6.07) is 0. The lowest BCUT2D eigenvalue weighted by atomic mass is 9.45. The van der Waals surface area contributed by atoms with E-state index in [1.165, 1.54) is 38.7 Å². The van der Waals surface area contributed by atoms with Crippen molar-refractivity contribution in [3.63, 3.8) is 0 Å². The Kier molecular flexibility index (Phi) is 7.04. The zero-order valence-electron chi connectivity index (χ0n) is 19.0.